The third-order valence-corrected chi connectivity index (χ3v) is 2.34. The van der Waals surface area contributed by atoms with Crippen molar-refractivity contribution in [2.45, 2.75) is 38.3 Å². The molecule has 1 saturated heterocycles. The summed E-state index contributed by atoms with van der Waals surface area (Å²) in [6, 6.07) is -0.602. The zero-order valence-electron chi connectivity index (χ0n) is 8.25. The number of carboxylic acid groups (broad SMARTS) is 1. The molecule has 2 atom stereocenters. The van der Waals surface area contributed by atoms with E-state index in [1.165, 1.54) is 0 Å². The molecule has 1 heterocycles. The van der Waals surface area contributed by atoms with Gasteiger partial charge in [-0.05, 0) is 19.8 Å². The molecule has 0 radical (unpaired) electrons. The van der Waals surface area contributed by atoms with Gasteiger partial charge < -0.3 is 15.7 Å². The summed E-state index contributed by atoms with van der Waals surface area (Å²) in [7, 11) is 0. The zero-order chi connectivity index (χ0) is 10.6. The first-order valence-corrected chi connectivity index (χ1v) is 4.85. The van der Waals surface area contributed by atoms with Crippen molar-refractivity contribution in [3.05, 3.63) is 0 Å². The van der Waals surface area contributed by atoms with Crippen LogP contribution in [0.3, 0.4) is 0 Å². The van der Waals surface area contributed by atoms with Gasteiger partial charge in [-0.2, -0.15) is 0 Å². The van der Waals surface area contributed by atoms with Crippen molar-refractivity contribution in [3.63, 3.8) is 0 Å². The second-order valence-corrected chi connectivity index (χ2v) is 3.62. The van der Waals surface area contributed by atoms with Crippen LogP contribution < -0.4 is 10.6 Å². The lowest BCUT2D eigenvalue weighted by atomic mass is 10.1. The molecule has 80 valence electrons. The molecular formula is C9H16N2O3. The van der Waals surface area contributed by atoms with Gasteiger partial charge in [-0.25, -0.2) is 0 Å². The summed E-state index contributed by atoms with van der Waals surface area (Å²) in [5.41, 5.74) is 0. The van der Waals surface area contributed by atoms with Crippen LogP contribution in [0.5, 0.6) is 0 Å². The lowest BCUT2D eigenvalue weighted by Crippen LogP contribution is -2.42. The van der Waals surface area contributed by atoms with Gasteiger partial charge in [-0.1, -0.05) is 0 Å². The maximum absolute atomic E-state index is 11.1. The van der Waals surface area contributed by atoms with Gasteiger partial charge in [0.25, 0.3) is 0 Å². The van der Waals surface area contributed by atoms with E-state index in [1.54, 1.807) is 6.92 Å². The molecule has 5 heteroatoms. The first-order valence-electron chi connectivity index (χ1n) is 4.85. The molecule has 1 amide bonds. The van der Waals surface area contributed by atoms with Crippen LogP contribution in [0.2, 0.25) is 0 Å². The first kappa shape index (κ1) is 11.0. The highest BCUT2D eigenvalue weighted by molar-refractivity contribution is 5.77. The third kappa shape index (κ3) is 3.33. The molecule has 0 spiro atoms. The molecule has 0 aromatic rings. The zero-order valence-corrected chi connectivity index (χ0v) is 8.25. The number of hydrogen-bond acceptors (Lipinski definition) is 3. The fraction of sp³-hybridized carbons (Fsp3) is 0.778. The van der Waals surface area contributed by atoms with Crippen molar-refractivity contribution >= 4 is 11.9 Å². The number of rotatable bonds is 3. The second kappa shape index (κ2) is 4.95. The van der Waals surface area contributed by atoms with Crippen LogP contribution in [-0.2, 0) is 9.59 Å². The fourth-order valence-corrected chi connectivity index (χ4v) is 1.54. The fourth-order valence-electron chi connectivity index (χ4n) is 1.54. The van der Waals surface area contributed by atoms with Crippen molar-refractivity contribution in [1.29, 1.82) is 0 Å². The largest absolute Gasteiger partial charge is 0.480 e. The summed E-state index contributed by atoms with van der Waals surface area (Å²) in [5.74, 6) is -0.882. The Bertz CT molecular complexity index is 230. The van der Waals surface area contributed by atoms with Gasteiger partial charge in [-0.3, -0.25) is 9.59 Å². The van der Waals surface area contributed by atoms with Gasteiger partial charge in [0.05, 0.1) is 0 Å². The highest BCUT2D eigenvalue weighted by Gasteiger charge is 2.21. The standard InChI is InChI=1S/C9H16N2O3/c1-6(9(13)14)11-7-3-2-4-10-8(12)5-7/h6-7,11H,2-5H2,1H3,(H,10,12)(H,13,14)/t6-,7?/m1/s1. The summed E-state index contributed by atoms with van der Waals surface area (Å²) < 4.78 is 0. The topological polar surface area (TPSA) is 78.4 Å². The molecular weight excluding hydrogens is 184 g/mol. The summed E-state index contributed by atoms with van der Waals surface area (Å²) in [5, 5.41) is 14.4. The first-order chi connectivity index (χ1) is 6.59. The number of nitrogens with one attached hydrogen (secondary N) is 2. The van der Waals surface area contributed by atoms with E-state index in [9.17, 15) is 9.59 Å². The van der Waals surface area contributed by atoms with Gasteiger partial charge in [0, 0.05) is 19.0 Å². The SMILES string of the molecule is C[C@@H](NC1CCCNC(=O)C1)C(=O)O. The van der Waals surface area contributed by atoms with Crippen molar-refractivity contribution in [2.24, 2.45) is 0 Å². The Hall–Kier alpha value is -1.10. The minimum Gasteiger partial charge on any atom is -0.480 e. The maximum Gasteiger partial charge on any atom is 0.320 e. The molecule has 3 N–H and O–H groups in total. The van der Waals surface area contributed by atoms with Crippen molar-refractivity contribution < 1.29 is 14.7 Å². The average Bonchev–Trinajstić information content (AvgIpc) is 2.29. The van der Waals surface area contributed by atoms with Gasteiger partial charge in [0.1, 0.15) is 6.04 Å². The smallest absolute Gasteiger partial charge is 0.320 e. The number of hydrogen-bond donors (Lipinski definition) is 3. The molecule has 5 nitrogen and oxygen atoms in total. The van der Waals surface area contributed by atoms with E-state index < -0.39 is 12.0 Å². The molecule has 0 aromatic heterocycles. The molecule has 1 aliphatic heterocycles. The molecule has 0 aromatic carbocycles. The number of amides is 1. The Morgan fingerprint density at radius 1 is 1.71 bits per heavy atom. The average molecular weight is 200 g/mol. The molecule has 0 saturated carbocycles. The van der Waals surface area contributed by atoms with Gasteiger partial charge in [0.15, 0.2) is 0 Å². The highest BCUT2D eigenvalue weighted by Crippen LogP contribution is 2.06. The van der Waals surface area contributed by atoms with E-state index in [-0.39, 0.29) is 11.9 Å². The van der Waals surface area contributed by atoms with Gasteiger partial charge >= 0.3 is 5.97 Å². The lowest BCUT2D eigenvalue weighted by Gasteiger charge is -2.17. The van der Waals surface area contributed by atoms with Crippen LogP contribution in [0.25, 0.3) is 0 Å². The van der Waals surface area contributed by atoms with Crippen molar-refractivity contribution in [3.8, 4) is 0 Å². The highest BCUT2D eigenvalue weighted by atomic mass is 16.4. The Morgan fingerprint density at radius 2 is 2.43 bits per heavy atom. The van der Waals surface area contributed by atoms with Crippen molar-refractivity contribution in [1.82, 2.24) is 10.6 Å². The van der Waals surface area contributed by atoms with Crippen molar-refractivity contribution in [2.75, 3.05) is 6.54 Å². The minimum absolute atomic E-state index is 0.00223. The molecule has 1 unspecified atom stereocenters. The van der Waals surface area contributed by atoms with E-state index in [1.807, 2.05) is 0 Å². The van der Waals surface area contributed by atoms with E-state index in [2.05, 4.69) is 10.6 Å². The van der Waals surface area contributed by atoms with Gasteiger partial charge in [-0.15, -0.1) is 0 Å². The van der Waals surface area contributed by atoms with Gasteiger partial charge in [0.2, 0.25) is 5.91 Å². The van der Waals surface area contributed by atoms with Crippen LogP contribution >= 0.6 is 0 Å². The Kier molecular flexibility index (Phi) is 3.88. The summed E-state index contributed by atoms with van der Waals surface area (Å²) in [6.45, 7) is 2.28. The molecule has 1 aliphatic rings. The number of carbonyl (C=O) groups is 2. The third-order valence-electron chi connectivity index (χ3n) is 2.34. The monoisotopic (exact) mass is 200 g/mol. The van der Waals surface area contributed by atoms with E-state index in [0.717, 1.165) is 12.8 Å². The number of carbonyl (C=O) groups excluding carboxylic acids is 1. The molecule has 1 rings (SSSR count). The minimum atomic E-state index is -0.880. The number of carboxylic acids is 1. The number of aliphatic carboxylic acids is 1. The molecule has 0 bridgehead atoms. The van der Waals surface area contributed by atoms with E-state index >= 15 is 0 Å². The van der Waals surface area contributed by atoms with E-state index in [4.69, 9.17) is 5.11 Å². The molecule has 0 aliphatic carbocycles. The normalized spacial score (nSPS) is 24.9. The lowest BCUT2D eigenvalue weighted by molar-refractivity contribution is -0.139. The Balaban J connectivity index is 2.42. The summed E-state index contributed by atoms with van der Waals surface area (Å²) in [6.07, 6.45) is 2.11. The second-order valence-electron chi connectivity index (χ2n) is 3.62. The molecule has 14 heavy (non-hydrogen) atoms. The summed E-state index contributed by atoms with van der Waals surface area (Å²) >= 11 is 0. The van der Waals surface area contributed by atoms with Crippen LogP contribution in [0.1, 0.15) is 26.2 Å². The van der Waals surface area contributed by atoms with Crippen LogP contribution in [0.15, 0.2) is 0 Å². The van der Waals surface area contributed by atoms with Crippen LogP contribution in [-0.4, -0.2) is 35.6 Å². The van der Waals surface area contributed by atoms with Crippen LogP contribution in [0, 0.1) is 0 Å². The maximum atomic E-state index is 11.1. The quantitative estimate of drug-likeness (QED) is 0.585. The predicted molar refractivity (Wildman–Crippen MR) is 50.9 cm³/mol. The van der Waals surface area contributed by atoms with Crippen LogP contribution in [0.4, 0.5) is 0 Å². The Labute approximate surface area is 82.9 Å². The van der Waals surface area contributed by atoms with E-state index in [0.29, 0.717) is 13.0 Å². The predicted octanol–water partition coefficient (Wildman–Crippen LogP) is -0.282. The molecule has 1 fully saturated rings. The summed E-state index contributed by atoms with van der Waals surface area (Å²) in [4.78, 5) is 21.7. The Morgan fingerprint density at radius 3 is 3.07 bits per heavy atom.